The highest BCUT2D eigenvalue weighted by Crippen LogP contribution is 2.12. The fraction of sp³-hybridized carbons (Fsp3) is 0.846. The van der Waals surface area contributed by atoms with Gasteiger partial charge in [0.05, 0.1) is 6.04 Å². The van der Waals surface area contributed by atoms with Crippen LogP contribution in [0, 0.1) is 5.92 Å². The Morgan fingerprint density at radius 1 is 1.44 bits per heavy atom. The molecule has 0 bridgehead atoms. The largest absolute Gasteiger partial charge is 0.350 e. The average molecular weight is 255 g/mol. The summed E-state index contributed by atoms with van der Waals surface area (Å²) in [4.78, 5) is 25.2. The van der Waals surface area contributed by atoms with Crippen molar-refractivity contribution in [3.63, 3.8) is 0 Å². The Balaban J connectivity index is 2.41. The predicted octanol–water partition coefficient (Wildman–Crippen LogP) is 0.487. The van der Waals surface area contributed by atoms with Crippen molar-refractivity contribution in [1.29, 1.82) is 0 Å². The second-order valence-corrected chi connectivity index (χ2v) is 5.10. The van der Waals surface area contributed by atoms with Crippen LogP contribution in [0.5, 0.6) is 0 Å². The van der Waals surface area contributed by atoms with E-state index in [4.69, 9.17) is 5.73 Å². The normalized spacial score (nSPS) is 22.7. The van der Waals surface area contributed by atoms with Crippen LogP contribution >= 0.6 is 0 Å². The number of rotatable bonds is 5. The van der Waals surface area contributed by atoms with Gasteiger partial charge in [-0.1, -0.05) is 27.2 Å². The van der Waals surface area contributed by atoms with Crippen LogP contribution in [0.2, 0.25) is 0 Å². The molecule has 0 spiro atoms. The zero-order chi connectivity index (χ0) is 13.7. The minimum absolute atomic E-state index is 0.0584. The van der Waals surface area contributed by atoms with E-state index in [9.17, 15) is 9.59 Å². The number of carbonyl (C=O) groups is 2. The van der Waals surface area contributed by atoms with Gasteiger partial charge in [-0.15, -0.1) is 0 Å². The SMILES string of the molecule is CCC(=O)N1CCC(NC(=O)C(N)C(C)CC)C1. The van der Waals surface area contributed by atoms with E-state index in [2.05, 4.69) is 5.32 Å². The highest BCUT2D eigenvalue weighted by molar-refractivity contribution is 5.82. The lowest BCUT2D eigenvalue weighted by molar-refractivity contribution is -0.130. The van der Waals surface area contributed by atoms with E-state index in [-0.39, 0.29) is 23.8 Å². The van der Waals surface area contributed by atoms with Crippen molar-refractivity contribution in [2.24, 2.45) is 11.7 Å². The van der Waals surface area contributed by atoms with Crippen molar-refractivity contribution in [3.8, 4) is 0 Å². The zero-order valence-electron chi connectivity index (χ0n) is 11.6. The Hall–Kier alpha value is -1.10. The monoisotopic (exact) mass is 255 g/mol. The second kappa shape index (κ2) is 6.73. The lowest BCUT2D eigenvalue weighted by Crippen LogP contribution is -2.49. The quantitative estimate of drug-likeness (QED) is 0.750. The summed E-state index contributed by atoms with van der Waals surface area (Å²) >= 11 is 0. The van der Waals surface area contributed by atoms with Crippen LogP contribution in [0.3, 0.4) is 0 Å². The van der Waals surface area contributed by atoms with Crippen molar-refractivity contribution < 1.29 is 9.59 Å². The Bertz CT molecular complexity index is 307. The van der Waals surface area contributed by atoms with Gasteiger partial charge in [0.15, 0.2) is 0 Å². The van der Waals surface area contributed by atoms with Crippen LogP contribution in [0.25, 0.3) is 0 Å². The molecule has 3 unspecified atom stereocenters. The molecule has 0 aromatic carbocycles. The van der Waals surface area contributed by atoms with E-state index in [1.807, 2.05) is 20.8 Å². The van der Waals surface area contributed by atoms with Crippen molar-refractivity contribution in [2.75, 3.05) is 13.1 Å². The molecule has 1 fully saturated rings. The Morgan fingerprint density at radius 2 is 2.11 bits per heavy atom. The third kappa shape index (κ3) is 3.70. The van der Waals surface area contributed by atoms with Gasteiger partial charge >= 0.3 is 0 Å². The summed E-state index contributed by atoms with van der Waals surface area (Å²) in [7, 11) is 0. The number of likely N-dealkylation sites (tertiary alicyclic amines) is 1. The molecule has 3 atom stereocenters. The zero-order valence-corrected chi connectivity index (χ0v) is 11.6. The standard InChI is InChI=1S/C13H25N3O2/c1-4-9(3)12(14)13(18)15-10-6-7-16(8-10)11(17)5-2/h9-10,12H,4-8,14H2,1-3H3,(H,15,18). The molecule has 5 nitrogen and oxygen atoms in total. The fourth-order valence-electron chi connectivity index (χ4n) is 2.14. The molecule has 104 valence electrons. The average Bonchev–Trinajstić information content (AvgIpc) is 2.84. The van der Waals surface area contributed by atoms with E-state index in [0.29, 0.717) is 13.0 Å². The summed E-state index contributed by atoms with van der Waals surface area (Å²) < 4.78 is 0. The van der Waals surface area contributed by atoms with Crippen molar-refractivity contribution in [2.45, 2.75) is 52.1 Å². The number of hydrogen-bond donors (Lipinski definition) is 2. The van der Waals surface area contributed by atoms with E-state index >= 15 is 0 Å². The van der Waals surface area contributed by atoms with Gasteiger partial charge in [-0.25, -0.2) is 0 Å². The minimum atomic E-state index is -0.453. The maximum absolute atomic E-state index is 11.9. The highest BCUT2D eigenvalue weighted by Gasteiger charge is 2.28. The molecule has 0 aromatic rings. The van der Waals surface area contributed by atoms with Gasteiger partial charge in [-0.05, 0) is 12.3 Å². The van der Waals surface area contributed by atoms with Crippen molar-refractivity contribution >= 4 is 11.8 Å². The fourth-order valence-corrected chi connectivity index (χ4v) is 2.14. The minimum Gasteiger partial charge on any atom is -0.350 e. The first kappa shape index (κ1) is 15.0. The van der Waals surface area contributed by atoms with E-state index < -0.39 is 6.04 Å². The first-order valence-electron chi connectivity index (χ1n) is 6.83. The molecule has 0 saturated carbocycles. The van der Waals surface area contributed by atoms with Gasteiger partial charge in [0.2, 0.25) is 11.8 Å². The van der Waals surface area contributed by atoms with Crippen LogP contribution in [-0.4, -0.2) is 41.9 Å². The number of carbonyl (C=O) groups excluding carboxylic acids is 2. The molecule has 18 heavy (non-hydrogen) atoms. The number of amides is 2. The first-order valence-corrected chi connectivity index (χ1v) is 6.83. The van der Waals surface area contributed by atoms with Crippen LogP contribution in [0.4, 0.5) is 0 Å². The topological polar surface area (TPSA) is 75.4 Å². The maximum Gasteiger partial charge on any atom is 0.237 e. The summed E-state index contributed by atoms with van der Waals surface area (Å²) in [6, 6.07) is -0.394. The number of nitrogens with zero attached hydrogens (tertiary/aromatic N) is 1. The van der Waals surface area contributed by atoms with Gasteiger partial charge in [0, 0.05) is 25.6 Å². The molecule has 0 aliphatic carbocycles. The third-order valence-electron chi connectivity index (χ3n) is 3.75. The summed E-state index contributed by atoms with van der Waals surface area (Å²) in [5.41, 5.74) is 5.88. The predicted molar refractivity (Wildman–Crippen MR) is 70.8 cm³/mol. The van der Waals surface area contributed by atoms with Crippen molar-refractivity contribution in [1.82, 2.24) is 10.2 Å². The lowest BCUT2D eigenvalue weighted by Gasteiger charge is -2.21. The summed E-state index contributed by atoms with van der Waals surface area (Å²) in [6.07, 6.45) is 2.23. The molecule has 3 N–H and O–H groups in total. The molecule has 1 aliphatic heterocycles. The van der Waals surface area contributed by atoms with Crippen LogP contribution in [0.1, 0.15) is 40.0 Å². The van der Waals surface area contributed by atoms with E-state index in [0.717, 1.165) is 19.4 Å². The molecule has 1 saturated heterocycles. The van der Waals surface area contributed by atoms with Gasteiger partial charge in [0.25, 0.3) is 0 Å². The van der Waals surface area contributed by atoms with Gasteiger partial charge in [0.1, 0.15) is 0 Å². The molecule has 0 radical (unpaired) electrons. The number of hydrogen-bond acceptors (Lipinski definition) is 3. The summed E-state index contributed by atoms with van der Waals surface area (Å²) in [6.45, 7) is 7.20. The molecule has 1 heterocycles. The first-order chi connectivity index (χ1) is 8.49. The van der Waals surface area contributed by atoms with Gasteiger partial charge < -0.3 is 16.0 Å². The Kier molecular flexibility index (Phi) is 5.59. The van der Waals surface area contributed by atoms with Gasteiger partial charge in [-0.3, -0.25) is 9.59 Å². The lowest BCUT2D eigenvalue weighted by atomic mass is 9.99. The van der Waals surface area contributed by atoms with Crippen LogP contribution in [0.15, 0.2) is 0 Å². The van der Waals surface area contributed by atoms with E-state index in [1.54, 1.807) is 4.90 Å². The third-order valence-corrected chi connectivity index (χ3v) is 3.75. The number of nitrogens with two attached hydrogens (primary N) is 1. The second-order valence-electron chi connectivity index (χ2n) is 5.10. The van der Waals surface area contributed by atoms with Crippen LogP contribution < -0.4 is 11.1 Å². The Labute approximate surface area is 109 Å². The molecule has 5 heteroatoms. The molecule has 0 aromatic heterocycles. The van der Waals surface area contributed by atoms with Crippen LogP contribution in [-0.2, 0) is 9.59 Å². The molecule has 1 aliphatic rings. The summed E-state index contributed by atoms with van der Waals surface area (Å²) in [5.74, 6) is 0.234. The summed E-state index contributed by atoms with van der Waals surface area (Å²) in [5, 5.41) is 2.94. The smallest absolute Gasteiger partial charge is 0.237 e. The maximum atomic E-state index is 11.9. The van der Waals surface area contributed by atoms with Crippen molar-refractivity contribution in [3.05, 3.63) is 0 Å². The van der Waals surface area contributed by atoms with E-state index in [1.165, 1.54) is 0 Å². The molecular weight excluding hydrogens is 230 g/mol. The highest BCUT2D eigenvalue weighted by atomic mass is 16.2. The molecule has 2 amide bonds. The number of nitrogens with one attached hydrogen (secondary N) is 1. The molecule has 1 rings (SSSR count). The van der Waals surface area contributed by atoms with Gasteiger partial charge in [-0.2, -0.15) is 0 Å². The Morgan fingerprint density at radius 3 is 2.67 bits per heavy atom. The molecular formula is C13H25N3O2.